The summed E-state index contributed by atoms with van der Waals surface area (Å²) >= 11 is 0. The van der Waals surface area contributed by atoms with Crippen LogP contribution >= 0.6 is 0 Å². The van der Waals surface area contributed by atoms with Crippen molar-refractivity contribution in [3.63, 3.8) is 0 Å². The van der Waals surface area contributed by atoms with Crippen LogP contribution in [0.2, 0.25) is 0 Å². The third kappa shape index (κ3) is 6.99. The fourth-order valence-electron chi connectivity index (χ4n) is 4.66. The summed E-state index contributed by atoms with van der Waals surface area (Å²) in [5, 5.41) is 14.7. The van der Waals surface area contributed by atoms with E-state index in [9.17, 15) is 5.11 Å². The molecular weight excluding hydrogens is 386 g/mol. The van der Waals surface area contributed by atoms with Crippen LogP contribution in [0.25, 0.3) is 10.9 Å². The van der Waals surface area contributed by atoms with Crippen LogP contribution in [0.1, 0.15) is 65.2 Å². The molecule has 0 spiro atoms. The molecule has 2 heterocycles. The van der Waals surface area contributed by atoms with Crippen LogP contribution in [0, 0.1) is 11.8 Å². The Bertz CT molecular complexity index is 803. The molecule has 2 N–H and O–H groups in total. The molecule has 0 radical (unpaired) electrons. The van der Waals surface area contributed by atoms with Gasteiger partial charge in [0.1, 0.15) is 5.75 Å². The summed E-state index contributed by atoms with van der Waals surface area (Å²) in [5.74, 6) is 2.59. The molecule has 1 aromatic heterocycles. The maximum atomic E-state index is 10.3. The normalized spacial score (nSPS) is 16.5. The van der Waals surface area contributed by atoms with Gasteiger partial charge in [0.2, 0.25) is 0 Å². The summed E-state index contributed by atoms with van der Waals surface area (Å²) in [5.41, 5.74) is 1.62. The molecule has 0 saturated carbocycles. The molecule has 1 fully saturated rings. The minimum Gasteiger partial charge on any atom is -0.504 e. The molecule has 0 amide bonds. The maximum Gasteiger partial charge on any atom is 0.157 e. The van der Waals surface area contributed by atoms with E-state index in [-0.39, 0.29) is 5.75 Å². The van der Waals surface area contributed by atoms with Crippen molar-refractivity contribution < 1.29 is 9.84 Å². The first-order valence-electron chi connectivity index (χ1n) is 12.2. The average molecular weight is 428 g/mol. The highest BCUT2D eigenvalue weighted by molar-refractivity contribution is 5.95. The zero-order chi connectivity index (χ0) is 22.1. The number of hydrogen-bond acceptors (Lipinski definition) is 5. The summed E-state index contributed by atoms with van der Waals surface area (Å²) in [6, 6.07) is 5.77. The summed E-state index contributed by atoms with van der Waals surface area (Å²) in [4.78, 5) is 6.98. The lowest BCUT2D eigenvalue weighted by molar-refractivity contribution is 0.171. The number of methoxy groups -OCH3 is 1. The van der Waals surface area contributed by atoms with Crippen molar-refractivity contribution >= 4 is 16.6 Å². The van der Waals surface area contributed by atoms with E-state index < -0.39 is 0 Å². The molecule has 0 aliphatic carbocycles. The second-order valence-corrected chi connectivity index (χ2v) is 9.29. The van der Waals surface area contributed by atoms with Gasteiger partial charge in [0, 0.05) is 11.9 Å². The van der Waals surface area contributed by atoms with Gasteiger partial charge < -0.3 is 20.1 Å². The predicted octanol–water partition coefficient (Wildman–Crippen LogP) is 6.07. The van der Waals surface area contributed by atoms with Crippen molar-refractivity contribution in [2.75, 3.05) is 38.6 Å². The van der Waals surface area contributed by atoms with Crippen LogP contribution in [0.3, 0.4) is 0 Å². The van der Waals surface area contributed by atoms with E-state index in [1.165, 1.54) is 70.8 Å². The van der Waals surface area contributed by atoms with Crippen molar-refractivity contribution in [2.45, 2.75) is 65.2 Å². The van der Waals surface area contributed by atoms with E-state index in [4.69, 9.17) is 4.74 Å². The summed E-state index contributed by atoms with van der Waals surface area (Å²) in [6.07, 6.45) is 12.0. The van der Waals surface area contributed by atoms with Crippen molar-refractivity contribution in [1.82, 2.24) is 9.88 Å². The van der Waals surface area contributed by atoms with E-state index >= 15 is 0 Å². The molecule has 1 unspecified atom stereocenters. The van der Waals surface area contributed by atoms with Crippen molar-refractivity contribution in [3.8, 4) is 11.5 Å². The number of likely N-dealkylation sites (tertiary alicyclic amines) is 1. The van der Waals surface area contributed by atoms with Gasteiger partial charge in [0.25, 0.3) is 0 Å². The van der Waals surface area contributed by atoms with Crippen LogP contribution in [0.15, 0.2) is 24.4 Å². The number of piperidine rings is 1. The van der Waals surface area contributed by atoms with Gasteiger partial charge in [-0.15, -0.1) is 0 Å². The van der Waals surface area contributed by atoms with Crippen LogP contribution in [-0.4, -0.2) is 48.3 Å². The first-order valence-corrected chi connectivity index (χ1v) is 12.2. The minimum absolute atomic E-state index is 0.198. The zero-order valence-electron chi connectivity index (χ0n) is 19.7. The van der Waals surface area contributed by atoms with Crippen LogP contribution in [0.4, 0.5) is 5.69 Å². The number of anilines is 1. The number of pyridine rings is 1. The monoisotopic (exact) mass is 427 g/mol. The number of aromatic nitrogens is 1. The zero-order valence-corrected chi connectivity index (χ0v) is 19.7. The van der Waals surface area contributed by atoms with E-state index in [2.05, 4.69) is 29.0 Å². The molecule has 1 aliphatic rings. The van der Waals surface area contributed by atoms with Gasteiger partial charge in [-0.2, -0.15) is 0 Å². The van der Waals surface area contributed by atoms with E-state index in [1.807, 2.05) is 18.2 Å². The third-order valence-corrected chi connectivity index (χ3v) is 6.86. The van der Waals surface area contributed by atoms with Crippen molar-refractivity contribution in [1.29, 1.82) is 0 Å². The molecule has 172 valence electrons. The molecule has 31 heavy (non-hydrogen) atoms. The Balaban J connectivity index is 1.41. The molecule has 1 aromatic carbocycles. The van der Waals surface area contributed by atoms with Gasteiger partial charge in [-0.3, -0.25) is 4.98 Å². The third-order valence-electron chi connectivity index (χ3n) is 6.86. The van der Waals surface area contributed by atoms with Gasteiger partial charge >= 0.3 is 0 Å². The molecule has 1 atom stereocenters. The lowest BCUT2D eigenvalue weighted by atomic mass is 9.92. The van der Waals surface area contributed by atoms with Crippen LogP contribution in [0.5, 0.6) is 11.5 Å². The molecule has 5 nitrogen and oxygen atoms in total. The molecular formula is C26H41N3O2. The largest absolute Gasteiger partial charge is 0.504 e. The van der Waals surface area contributed by atoms with Gasteiger partial charge in [-0.05, 0) is 75.4 Å². The lowest BCUT2D eigenvalue weighted by Gasteiger charge is -2.32. The Labute approximate surface area is 188 Å². The van der Waals surface area contributed by atoms with Crippen molar-refractivity contribution in [3.05, 3.63) is 24.4 Å². The number of nitrogens with one attached hydrogen (secondary N) is 1. The Morgan fingerprint density at radius 1 is 1.23 bits per heavy atom. The predicted molar refractivity (Wildman–Crippen MR) is 130 cm³/mol. The average Bonchev–Trinajstić information content (AvgIpc) is 2.79. The number of rotatable bonds is 12. The second-order valence-electron chi connectivity index (χ2n) is 9.29. The highest BCUT2D eigenvalue weighted by Gasteiger charge is 2.19. The smallest absolute Gasteiger partial charge is 0.157 e. The SMILES string of the molecule is CCCCCC(C)CCN1CCC(CCNc2c(O)cnc3ccc(OC)cc23)CC1. The topological polar surface area (TPSA) is 57.6 Å². The number of aromatic hydroxyl groups is 1. The van der Waals surface area contributed by atoms with Crippen molar-refractivity contribution in [2.24, 2.45) is 11.8 Å². The Hall–Kier alpha value is -2.01. The number of nitrogens with zero attached hydrogens (tertiary/aromatic N) is 2. The Morgan fingerprint density at radius 2 is 2.03 bits per heavy atom. The quantitative estimate of drug-likeness (QED) is 0.403. The minimum atomic E-state index is 0.198. The Morgan fingerprint density at radius 3 is 2.77 bits per heavy atom. The molecule has 1 saturated heterocycles. The molecule has 3 rings (SSSR count). The summed E-state index contributed by atoms with van der Waals surface area (Å²) in [6.45, 7) is 9.28. The molecule has 1 aliphatic heterocycles. The number of benzene rings is 1. The molecule has 2 aromatic rings. The van der Waals surface area contributed by atoms with Gasteiger partial charge in [-0.25, -0.2) is 0 Å². The second kappa shape index (κ2) is 12.1. The van der Waals surface area contributed by atoms with Gasteiger partial charge in [0.05, 0.1) is 24.5 Å². The number of unbranched alkanes of at least 4 members (excludes halogenated alkanes) is 2. The first-order chi connectivity index (χ1) is 15.1. The molecule has 5 heteroatoms. The fourth-order valence-corrected chi connectivity index (χ4v) is 4.66. The van der Waals surface area contributed by atoms with E-state index in [0.717, 1.165) is 47.1 Å². The van der Waals surface area contributed by atoms with E-state index in [1.54, 1.807) is 7.11 Å². The standard InChI is InChI=1S/C26H41N3O2/c1-4-5-6-7-20(2)11-15-29-16-12-21(13-17-29)10-14-27-26-23-18-22(31-3)8-9-24(23)28-19-25(26)30/h8-9,18-21,30H,4-7,10-17H2,1-3H3,(H,27,28). The number of ether oxygens (including phenoxy) is 1. The summed E-state index contributed by atoms with van der Waals surface area (Å²) < 4.78 is 5.34. The first kappa shape index (κ1) is 23.6. The Kier molecular flexibility index (Phi) is 9.26. The van der Waals surface area contributed by atoms with E-state index in [0.29, 0.717) is 0 Å². The number of hydrogen-bond donors (Lipinski definition) is 2. The van der Waals surface area contributed by atoms with Gasteiger partial charge in [0.15, 0.2) is 5.75 Å². The van der Waals surface area contributed by atoms with Gasteiger partial charge in [-0.1, -0.05) is 39.5 Å². The highest BCUT2D eigenvalue weighted by atomic mass is 16.5. The van der Waals surface area contributed by atoms with Crippen LogP contribution in [-0.2, 0) is 0 Å². The molecule has 0 bridgehead atoms. The van der Waals surface area contributed by atoms with Crippen LogP contribution < -0.4 is 10.1 Å². The number of fused-ring (bicyclic) bond motifs is 1. The lowest BCUT2D eigenvalue weighted by Crippen LogP contribution is -2.35. The highest BCUT2D eigenvalue weighted by Crippen LogP contribution is 2.33. The fraction of sp³-hybridized carbons (Fsp3) is 0.654. The maximum absolute atomic E-state index is 10.3. The summed E-state index contributed by atoms with van der Waals surface area (Å²) in [7, 11) is 1.66.